The number of pyridine rings is 1. The number of ether oxygens (including phenoxy) is 2. The Hall–Kier alpha value is -1.54. The van der Waals surface area contributed by atoms with Crippen molar-refractivity contribution >= 4 is 5.97 Å². The van der Waals surface area contributed by atoms with Crippen molar-refractivity contribution < 1.29 is 34.2 Å². The van der Waals surface area contributed by atoms with E-state index in [4.69, 9.17) is 9.47 Å². The topological polar surface area (TPSA) is 100 Å². The van der Waals surface area contributed by atoms with Gasteiger partial charge >= 0.3 is 5.97 Å². The second-order valence-electron chi connectivity index (χ2n) is 6.67. The van der Waals surface area contributed by atoms with E-state index in [2.05, 4.69) is 6.92 Å². The fraction of sp³-hybridized carbons (Fsp3) is 0.684. The first-order chi connectivity index (χ1) is 12.6. The summed E-state index contributed by atoms with van der Waals surface area (Å²) in [5.74, 6) is -0.431. The summed E-state index contributed by atoms with van der Waals surface area (Å²) in [5, 5.41) is 29.1. The van der Waals surface area contributed by atoms with Crippen molar-refractivity contribution in [3.8, 4) is 0 Å². The number of hydrogen-bond donors (Lipinski definition) is 3. The molecular formula is C19H30NO6+. The van der Waals surface area contributed by atoms with Crippen LogP contribution in [0, 0.1) is 0 Å². The third-order valence-corrected chi connectivity index (χ3v) is 4.60. The molecule has 0 spiro atoms. The zero-order valence-corrected chi connectivity index (χ0v) is 15.3. The molecule has 1 fully saturated rings. The van der Waals surface area contributed by atoms with Gasteiger partial charge < -0.3 is 24.8 Å². The first kappa shape index (κ1) is 20.8. The normalized spacial score (nSPS) is 25.4. The van der Waals surface area contributed by atoms with E-state index in [1.165, 1.54) is 30.0 Å². The third-order valence-electron chi connectivity index (χ3n) is 4.60. The lowest BCUT2D eigenvalue weighted by molar-refractivity contribution is -0.765. The molecule has 1 aromatic heterocycles. The lowest BCUT2D eigenvalue weighted by atomic mass is 10.1. The van der Waals surface area contributed by atoms with Crippen molar-refractivity contribution in [2.45, 2.75) is 70.0 Å². The minimum atomic E-state index is -1.19. The van der Waals surface area contributed by atoms with E-state index in [9.17, 15) is 20.1 Å². The van der Waals surface area contributed by atoms with E-state index in [1.54, 1.807) is 18.3 Å². The smallest absolute Gasteiger partial charge is 0.344 e. The maximum absolute atomic E-state index is 12.2. The average Bonchev–Trinajstić information content (AvgIpc) is 2.95. The molecule has 1 aliphatic heterocycles. The standard InChI is InChI=1S/C19H30NO6/c1-2-3-4-5-6-7-11-25-19(24)14-9-8-10-20(12-14)18-17(23)16(22)15(13-21)26-18/h8-10,12,15-18,21-23H,2-7,11,13H2,1H3/q+1/t15-,16+,17?,18-/m1/s1. The van der Waals surface area contributed by atoms with Crippen LogP contribution in [0.15, 0.2) is 24.5 Å². The zero-order chi connectivity index (χ0) is 18.9. The SMILES string of the molecule is CCCCCCCCOC(=O)c1ccc[n+]([C@@H]2O[C@H](CO)[C@H](O)C2O)c1. The molecule has 0 aliphatic carbocycles. The van der Waals surface area contributed by atoms with Crippen molar-refractivity contribution in [2.75, 3.05) is 13.2 Å². The molecule has 146 valence electrons. The van der Waals surface area contributed by atoms with Crippen LogP contribution in [-0.2, 0) is 9.47 Å². The van der Waals surface area contributed by atoms with Gasteiger partial charge in [-0.15, -0.1) is 0 Å². The highest BCUT2D eigenvalue weighted by atomic mass is 16.6. The molecule has 2 heterocycles. The molecule has 0 aromatic carbocycles. The van der Waals surface area contributed by atoms with Crippen LogP contribution < -0.4 is 4.57 Å². The molecule has 1 aliphatic rings. The average molecular weight is 368 g/mol. The van der Waals surface area contributed by atoms with Crippen LogP contribution in [-0.4, -0.2) is 52.8 Å². The number of esters is 1. The number of aliphatic hydroxyl groups is 3. The molecule has 0 saturated carbocycles. The van der Waals surface area contributed by atoms with Gasteiger partial charge in [-0.25, -0.2) is 4.79 Å². The molecule has 0 radical (unpaired) electrons. The molecule has 7 heteroatoms. The van der Waals surface area contributed by atoms with Crippen molar-refractivity contribution in [2.24, 2.45) is 0 Å². The van der Waals surface area contributed by atoms with Crippen LogP contribution in [0.1, 0.15) is 62.0 Å². The Morgan fingerprint density at radius 3 is 2.62 bits per heavy atom. The minimum absolute atomic E-state index is 0.344. The number of rotatable bonds is 10. The van der Waals surface area contributed by atoms with Crippen LogP contribution in [0.4, 0.5) is 0 Å². The van der Waals surface area contributed by atoms with Crippen LogP contribution in [0.2, 0.25) is 0 Å². The maximum atomic E-state index is 12.2. The molecule has 2 rings (SSSR count). The number of carbonyl (C=O) groups is 1. The molecule has 26 heavy (non-hydrogen) atoms. The van der Waals surface area contributed by atoms with E-state index < -0.39 is 37.1 Å². The maximum Gasteiger partial charge on any atom is 0.344 e. The molecule has 4 atom stereocenters. The Morgan fingerprint density at radius 1 is 1.19 bits per heavy atom. The Kier molecular flexibility index (Phi) is 8.44. The summed E-state index contributed by atoms with van der Waals surface area (Å²) in [5.41, 5.74) is 0.344. The summed E-state index contributed by atoms with van der Waals surface area (Å²) in [4.78, 5) is 12.2. The van der Waals surface area contributed by atoms with Gasteiger partial charge in [0.25, 0.3) is 6.23 Å². The van der Waals surface area contributed by atoms with E-state index in [1.807, 2.05) is 0 Å². The highest BCUT2D eigenvalue weighted by Gasteiger charge is 2.48. The van der Waals surface area contributed by atoms with Crippen LogP contribution >= 0.6 is 0 Å². The van der Waals surface area contributed by atoms with Crippen molar-refractivity contribution in [3.63, 3.8) is 0 Å². The second kappa shape index (κ2) is 10.6. The molecule has 1 aromatic rings. The zero-order valence-electron chi connectivity index (χ0n) is 15.3. The fourth-order valence-electron chi connectivity index (χ4n) is 3.03. The Bertz CT molecular complexity index is 567. The summed E-state index contributed by atoms with van der Waals surface area (Å²) in [6, 6.07) is 3.28. The van der Waals surface area contributed by atoms with Crippen molar-refractivity contribution in [1.82, 2.24) is 0 Å². The first-order valence-electron chi connectivity index (χ1n) is 9.38. The molecule has 7 nitrogen and oxygen atoms in total. The number of hydrogen-bond acceptors (Lipinski definition) is 6. The lowest BCUT2D eigenvalue weighted by Crippen LogP contribution is -2.46. The molecule has 0 bridgehead atoms. The van der Waals surface area contributed by atoms with Gasteiger partial charge in [0.15, 0.2) is 18.5 Å². The summed E-state index contributed by atoms with van der Waals surface area (Å²) in [7, 11) is 0. The van der Waals surface area contributed by atoms with Crippen LogP contribution in [0.5, 0.6) is 0 Å². The minimum Gasteiger partial charge on any atom is -0.462 e. The van der Waals surface area contributed by atoms with Gasteiger partial charge in [-0.1, -0.05) is 39.0 Å². The number of aromatic nitrogens is 1. The third kappa shape index (κ3) is 5.48. The number of carbonyl (C=O) groups excluding carboxylic acids is 1. The molecule has 1 unspecified atom stereocenters. The van der Waals surface area contributed by atoms with E-state index in [0.717, 1.165) is 19.3 Å². The second-order valence-corrected chi connectivity index (χ2v) is 6.67. The van der Waals surface area contributed by atoms with Gasteiger partial charge in [0.2, 0.25) is 0 Å². The van der Waals surface area contributed by atoms with Crippen LogP contribution in [0.25, 0.3) is 0 Å². The van der Waals surface area contributed by atoms with Gasteiger partial charge in [0.05, 0.1) is 13.2 Å². The largest absolute Gasteiger partial charge is 0.462 e. The van der Waals surface area contributed by atoms with Gasteiger partial charge in [0, 0.05) is 6.07 Å². The molecule has 1 saturated heterocycles. The molecular weight excluding hydrogens is 338 g/mol. The van der Waals surface area contributed by atoms with Crippen molar-refractivity contribution in [1.29, 1.82) is 0 Å². The Morgan fingerprint density at radius 2 is 1.92 bits per heavy atom. The van der Waals surface area contributed by atoms with Crippen molar-refractivity contribution in [3.05, 3.63) is 30.1 Å². The van der Waals surface area contributed by atoms with E-state index in [0.29, 0.717) is 12.2 Å². The summed E-state index contributed by atoms with van der Waals surface area (Å²) in [6.45, 7) is 2.16. The fourth-order valence-corrected chi connectivity index (χ4v) is 3.03. The van der Waals surface area contributed by atoms with Gasteiger partial charge in [-0.3, -0.25) is 0 Å². The van der Waals surface area contributed by atoms with Gasteiger partial charge in [-0.2, -0.15) is 4.57 Å². The van der Waals surface area contributed by atoms with Gasteiger partial charge in [0.1, 0.15) is 17.8 Å². The Balaban J connectivity index is 1.85. The highest BCUT2D eigenvalue weighted by molar-refractivity contribution is 5.88. The predicted molar refractivity (Wildman–Crippen MR) is 93.3 cm³/mol. The number of unbranched alkanes of at least 4 members (excludes halogenated alkanes) is 5. The summed E-state index contributed by atoms with van der Waals surface area (Å²) < 4.78 is 12.3. The number of nitrogens with zero attached hydrogens (tertiary/aromatic N) is 1. The molecule has 0 amide bonds. The first-order valence-corrected chi connectivity index (χ1v) is 9.38. The van der Waals surface area contributed by atoms with Crippen LogP contribution in [0.3, 0.4) is 0 Å². The van der Waals surface area contributed by atoms with E-state index in [-0.39, 0.29) is 0 Å². The highest BCUT2D eigenvalue weighted by Crippen LogP contribution is 2.25. The lowest BCUT2D eigenvalue weighted by Gasteiger charge is -2.10. The summed E-state index contributed by atoms with van der Waals surface area (Å²) >= 11 is 0. The monoisotopic (exact) mass is 368 g/mol. The molecule has 3 N–H and O–H groups in total. The quantitative estimate of drug-likeness (QED) is 0.325. The van der Waals surface area contributed by atoms with E-state index >= 15 is 0 Å². The number of aliphatic hydroxyl groups excluding tert-OH is 3. The summed E-state index contributed by atoms with van der Waals surface area (Å²) in [6.07, 6.45) is 5.77. The van der Waals surface area contributed by atoms with Gasteiger partial charge in [-0.05, 0) is 12.5 Å². The predicted octanol–water partition coefficient (Wildman–Crippen LogP) is 1.10. The Labute approximate surface area is 154 Å².